The first-order valence-electron chi connectivity index (χ1n) is 6.94. The minimum Gasteiger partial charge on any atom is -0.353 e. The summed E-state index contributed by atoms with van der Waals surface area (Å²) >= 11 is 0. The zero-order chi connectivity index (χ0) is 15.0. The number of likely N-dealkylation sites (tertiary alicyclic amines) is 1. The molecule has 21 heavy (non-hydrogen) atoms. The Balaban J connectivity index is 1.89. The topological polar surface area (TPSA) is 78.8 Å². The van der Waals surface area contributed by atoms with E-state index in [1.165, 1.54) is 6.92 Å². The molecule has 1 N–H and O–H groups in total. The van der Waals surface area contributed by atoms with Crippen LogP contribution in [0.2, 0.25) is 0 Å². The van der Waals surface area contributed by atoms with Gasteiger partial charge in [0.05, 0.1) is 0 Å². The van der Waals surface area contributed by atoms with Crippen molar-refractivity contribution >= 4 is 21.8 Å². The van der Waals surface area contributed by atoms with Crippen molar-refractivity contribution in [1.29, 1.82) is 0 Å². The number of nitrogens with zero attached hydrogens (tertiary/aromatic N) is 2. The van der Waals surface area contributed by atoms with Gasteiger partial charge in [0.15, 0.2) is 5.84 Å². The summed E-state index contributed by atoms with van der Waals surface area (Å²) in [5.41, 5.74) is 0.654. The highest BCUT2D eigenvalue weighted by atomic mass is 32.2. The summed E-state index contributed by atoms with van der Waals surface area (Å²) in [6.45, 7) is 2.83. The standard InChI is InChI=1S/C14H17N3O3S/c1-10(18)15-11-5-4-8-17(9-11)14-12-6-2-3-7-13(12)21(19,20)16-14/h2-3,6-7,11H,4-5,8-9H2,1H3,(H,15,18). The molecule has 3 rings (SSSR count). The second-order valence-electron chi connectivity index (χ2n) is 5.37. The van der Waals surface area contributed by atoms with Crippen molar-refractivity contribution in [2.24, 2.45) is 4.40 Å². The molecule has 1 saturated heterocycles. The van der Waals surface area contributed by atoms with E-state index in [-0.39, 0.29) is 16.8 Å². The van der Waals surface area contributed by atoms with Crippen molar-refractivity contribution < 1.29 is 13.2 Å². The first kappa shape index (κ1) is 14.1. The third-order valence-electron chi connectivity index (χ3n) is 3.74. The minimum absolute atomic E-state index is 0.0365. The fourth-order valence-electron chi connectivity index (χ4n) is 2.89. The molecule has 1 aromatic rings. The summed E-state index contributed by atoms with van der Waals surface area (Å²) in [6, 6.07) is 6.90. The maximum Gasteiger partial charge on any atom is 0.285 e. The van der Waals surface area contributed by atoms with Crippen LogP contribution in [0.25, 0.3) is 0 Å². The fourth-order valence-corrected chi connectivity index (χ4v) is 4.12. The highest BCUT2D eigenvalue weighted by Crippen LogP contribution is 2.28. The second kappa shape index (κ2) is 5.14. The first-order valence-corrected chi connectivity index (χ1v) is 8.38. The highest BCUT2D eigenvalue weighted by Gasteiger charge is 2.33. The summed E-state index contributed by atoms with van der Waals surface area (Å²) in [5, 5.41) is 2.89. The van der Waals surface area contributed by atoms with Crippen LogP contribution in [-0.4, -0.2) is 44.2 Å². The smallest absolute Gasteiger partial charge is 0.285 e. The van der Waals surface area contributed by atoms with Crippen LogP contribution < -0.4 is 5.32 Å². The Kier molecular flexibility index (Phi) is 3.44. The Hall–Kier alpha value is -1.89. The average Bonchev–Trinajstić information content (AvgIpc) is 2.71. The molecule has 2 aliphatic rings. The van der Waals surface area contributed by atoms with Crippen LogP contribution in [0.3, 0.4) is 0 Å². The Bertz CT molecular complexity index is 712. The molecular formula is C14H17N3O3S. The lowest BCUT2D eigenvalue weighted by Crippen LogP contribution is -2.49. The van der Waals surface area contributed by atoms with Crippen LogP contribution in [0.4, 0.5) is 0 Å². The van der Waals surface area contributed by atoms with E-state index in [1.54, 1.807) is 18.2 Å². The van der Waals surface area contributed by atoms with Crippen molar-refractivity contribution in [2.45, 2.75) is 30.7 Å². The van der Waals surface area contributed by atoms with Crippen molar-refractivity contribution in [3.8, 4) is 0 Å². The van der Waals surface area contributed by atoms with Crippen LogP contribution in [-0.2, 0) is 14.8 Å². The number of amides is 1. The first-order chi connectivity index (χ1) is 9.97. The van der Waals surface area contributed by atoms with Gasteiger partial charge in [-0.05, 0) is 25.0 Å². The molecule has 0 aliphatic carbocycles. The third-order valence-corrected chi connectivity index (χ3v) is 5.07. The molecule has 0 radical (unpaired) electrons. The zero-order valence-corrected chi connectivity index (χ0v) is 12.6. The number of carbonyl (C=O) groups is 1. The molecule has 2 aliphatic heterocycles. The maximum atomic E-state index is 12.1. The Labute approximate surface area is 123 Å². The lowest BCUT2D eigenvalue weighted by molar-refractivity contribution is -0.119. The van der Waals surface area contributed by atoms with Gasteiger partial charge in [-0.2, -0.15) is 8.42 Å². The third kappa shape index (κ3) is 2.65. The number of rotatable bonds is 1. The number of amidine groups is 1. The van der Waals surface area contributed by atoms with Crippen LogP contribution in [0.1, 0.15) is 25.3 Å². The Morgan fingerprint density at radius 3 is 2.90 bits per heavy atom. The molecule has 2 heterocycles. The van der Waals surface area contributed by atoms with Gasteiger partial charge in [0.2, 0.25) is 5.91 Å². The molecule has 1 unspecified atom stereocenters. The molecule has 1 fully saturated rings. The molecule has 7 heteroatoms. The SMILES string of the molecule is CC(=O)NC1CCCN(C2=NS(=O)(=O)c3ccccc32)C1. The molecule has 6 nitrogen and oxygen atoms in total. The van der Waals surface area contributed by atoms with E-state index in [2.05, 4.69) is 9.71 Å². The highest BCUT2D eigenvalue weighted by molar-refractivity contribution is 7.90. The van der Waals surface area contributed by atoms with Gasteiger partial charge in [-0.25, -0.2) is 0 Å². The van der Waals surface area contributed by atoms with E-state index < -0.39 is 10.0 Å². The number of hydrogen-bond donors (Lipinski definition) is 1. The average molecular weight is 307 g/mol. The van der Waals surface area contributed by atoms with Gasteiger partial charge in [0, 0.05) is 31.6 Å². The lowest BCUT2D eigenvalue weighted by Gasteiger charge is -2.34. The van der Waals surface area contributed by atoms with Gasteiger partial charge in [-0.15, -0.1) is 4.40 Å². The van der Waals surface area contributed by atoms with Gasteiger partial charge in [-0.3, -0.25) is 4.79 Å². The normalized spacial score (nSPS) is 23.4. The van der Waals surface area contributed by atoms with Crippen LogP contribution in [0.15, 0.2) is 33.6 Å². The molecular weight excluding hydrogens is 290 g/mol. The van der Waals surface area contributed by atoms with E-state index in [1.807, 2.05) is 11.0 Å². The molecule has 1 atom stereocenters. The van der Waals surface area contributed by atoms with Gasteiger partial charge < -0.3 is 10.2 Å². The summed E-state index contributed by atoms with van der Waals surface area (Å²) in [6.07, 6.45) is 1.80. The van der Waals surface area contributed by atoms with Gasteiger partial charge >= 0.3 is 0 Å². The molecule has 0 saturated carbocycles. The quantitative estimate of drug-likeness (QED) is 0.830. The Morgan fingerprint density at radius 1 is 1.38 bits per heavy atom. The zero-order valence-electron chi connectivity index (χ0n) is 11.7. The van der Waals surface area contributed by atoms with Crippen molar-refractivity contribution in [2.75, 3.05) is 13.1 Å². The van der Waals surface area contributed by atoms with E-state index in [9.17, 15) is 13.2 Å². The largest absolute Gasteiger partial charge is 0.353 e. The molecule has 0 bridgehead atoms. The molecule has 0 spiro atoms. The van der Waals surface area contributed by atoms with E-state index in [4.69, 9.17) is 0 Å². The van der Waals surface area contributed by atoms with Gasteiger partial charge in [-0.1, -0.05) is 12.1 Å². The Morgan fingerprint density at radius 2 is 2.14 bits per heavy atom. The van der Waals surface area contributed by atoms with Crippen molar-refractivity contribution in [1.82, 2.24) is 10.2 Å². The number of sulfonamides is 1. The summed E-state index contributed by atoms with van der Waals surface area (Å²) in [7, 11) is -3.59. The molecule has 0 aromatic heterocycles. The van der Waals surface area contributed by atoms with Crippen LogP contribution in [0, 0.1) is 0 Å². The van der Waals surface area contributed by atoms with Crippen molar-refractivity contribution in [3.05, 3.63) is 29.8 Å². The summed E-state index contributed by atoms with van der Waals surface area (Å²) in [4.78, 5) is 13.4. The van der Waals surface area contributed by atoms with Crippen LogP contribution >= 0.6 is 0 Å². The summed E-state index contributed by atoms with van der Waals surface area (Å²) < 4.78 is 28.1. The number of piperidine rings is 1. The molecule has 112 valence electrons. The van der Waals surface area contributed by atoms with E-state index in [0.717, 1.165) is 19.4 Å². The van der Waals surface area contributed by atoms with Gasteiger partial charge in [0.25, 0.3) is 10.0 Å². The number of benzene rings is 1. The molecule has 1 aromatic carbocycles. The predicted molar refractivity (Wildman–Crippen MR) is 78.6 cm³/mol. The monoisotopic (exact) mass is 307 g/mol. The number of carbonyl (C=O) groups excluding carboxylic acids is 1. The number of fused-ring (bicyclic) bond motifs is 1. The molecule has 1 amide bonds. The van der Waals surface area contributed by atoms with Crippen molar-refractivity contribution in [3.63, 3.8) is 0 Å². The number of hydrogen-bond acceptors (Lipinski definition) is 4. The predicted octanol–water partition coefficient (Wildman–Crippen LogP) is 0.736. The number of nitrogens with one attached hydrogen (secondary N) is 1. The van der Waals surface area contributed by atoms with E-state index >= 15 is 0 Å². The van der Waals surface area contributed by atoms with Gasteiger partial charge in [0.1, 0.15) is 4.90 Å². The second-order valence-corrected chi connectivity index (χ2v) is 6.94. The minimum atomic E-state index is -3.59. The lowest BCUT2D eigenvalue weighted by atomic mass is 10.0. The van der Waals surface area contributed by atoms with E-state index in [0.29, 0.717) is 17.9 Å². The fraction of sp³-hybridized carbons (Fsp3) is 0.429. The maximum absolute atomic E-state index is 12.1. The van der Waals surface area contributed by atoms with Crippen LogP contribution in [0.5, 0.6) is 0 Å². The summed E-state index contributed by atoms with van der Waals surface area (Å²) in [5.74, 6) is 0.434.